The molecule has 0 bridgehead atoms. The summed E-state index contributed by atoms with van der Waals surface area (Å²) in [5.74, 6) is 1.97. The van der Waals surface area contributed by atoms with Crippen molar-refractivity contribution in [2.24, 2.45) is 0 Å². The van der Waals surface area contributed by atoms with Gasteiger partial charge in [-0.3, -0.25) is 0 Å². The molecule has 0 spiro atoms. The number of aromatic nitrogens is 3. The third-order valence-corrected chi connectivity index (χ3v) is 2.98. The van der Waals surface area contributed by atoms with Gasteiger partial charge in [-0.25, -0.2) is 9.97 Å². The summed E-state index contributed by atoms with van der Waals surface area (Å²) in [5.41, 5.74) is 9.18. The number of imidazole rings is 1. The molecule has 0 saturated carbocycles. The largest absolute Gasteiger partial charge is 0.496 e. The summed E-state index contributed by atoms with van der Waals surface area (Å²) >= 11 is 0. The van der Waals surface area contributed by atoms with E-state index >= 15 is 0 Å². The van der Waals surface area contributed by atoms with Crippen LogP contribution in [0.15, 0.2) is 30.3 Å². The number of fused-ring (bicyclic) bond motifs is 1. The highest BCUT2D eigenvalue weighted by Crippen LogP contribution is 2.30. The maximum Gasteiger partial charge on any atom is 0.180 e. The number of hydrogen-bond acceptors (Lipinski definition) is 4. The number of nitrogens with zero attached hydrogens (tertiary/aromatic N) is 2. The lowest BCUT2D eigenvalue weighted by molar-refractivity contribution is 0.416. The number of aryl methyl sites for hydroxylation is 1. The molecule has 0 saturated heterocycles. The first-order chi connectivity index (χ1) is 9.17. The molecule has 3 aromatic rings. The smallest absolute Gasteiger partial charge is 0.180 e. The molecule has 3 rings (SSSR count). The van der Waals surface area contributed by atoms with Gasteiger partial charge in [-0.15, -0.1) is 0 Å². The molecule has 0 unspecified atom stereocenters. The van der Waals surface area contributed by atoms with Gasteiger partial charge in [0.05, 0.1) is 18.2 Å². The van der Waals surface area contributed by atoms with Crippen LogP contribution >= 0.6 is 0 Å². The van der Waals surface area contributed by atoms with Crippen molar-refractivity contribution < 1.29 is 4.74 Å². The molecule has 1 aromatic carbocycles. The van der Waals surface area contributed by atoms with Crippen LogP contribution in [0.4, 0.5) is 5.82 Å². The average molecular weight is 254 g/mol. The number of nitrogens with one attached hydrogen (secondary N) is 1. The van der Waals surface area contributed by atoms with Crippen LogP contribution in [0.2, 0.25) is 0 Å². The van der Waals surface area contributed by atoms with Gasteiger partial charge in [-0.2, -0.15) is 0 Å². The van der Waals surface area contributed by atoms with Crippen LogP contribution in [0.3, 0.4) is 0 Å². The molecule has 19 heavy (non-hydrogen) atoms. The van der Waals surface area contributed by atoms with E-state index in [9.17, 15) is 0 Å². The molecule has 0 aliphatic carbocycles. The zero-order valence-corrected chi connectivity index (χ0v) is 10.8. The normalized spacial score (nSPS) is 10.8. The summed E-state index contributed by atoms with van der Waals surface area (Å²) in [7, 11) is 1.65. The van der Waals surface area contributed by atoms with Gasteiger partial charge in [0.15, 0.2) is 5.65 Å². The molecule has 5 heteroatoms. The lowest BCUT2D eigenvalue weighted by Gasteiger charge is -2.06. The van der Waals surface area contributed by atoms with Gasteiger partial charge >= 0.3 is 0 Å². The highest BCUT2D eigenvalue weighted by atomic mass is 16.5. The molecular weight excluding hydrogens is 240 g/mol. The summed E-state index contributed by atoms with van der Waals surface area (Å²) in [6.45, 7) is 2.03. The zero-order chi connectivity index (χ0) is 13.4. The Hall–Kier alpha value is -2.56. The number of nitrogens with two attached hydrogens (primary N) is 1. The Kier molecular flexibility index (Phi) is 2.59. The number of benzene rings is 1. The molecule has 96 valence electrons. The highest BCUT2D eigenvalue weighted by Gasteiger charge is 2.11. The van der Waals surface area contributed by atoms with Gasteiger partial charge in [0.1, 0.15) is 17.4 Å². The molecule has 0 amide bonds. The lowest BCUT2D eigenvalue weighted by Crippen LogP contribution is -1.90. The number of H-pyrrole nitrogens is 1. The van der Waals surface area contributed by atoms with E-state index in [1.165, 1.54) is 0 Å². The van der Waals surface area contributed by atoms with E-state index in [1.54, 1.807) is 13.2 Å². The fraction of sp³-hybridized carbons (Fsp3) is 0.143. The Labute approximate surface area is 110 Å². The minimum absolute atomic E-state index is 0.460. The summed E-state index contributed by atoms with van der Waals surface area (Å²) < 4.78 is 5.37. The van der Waals surface area contributed by atoms with E-state index < -0.39 is 0 Å². The molecule has 0 aliphatic rings. The van der Waals surface area contributed by atoms with Crippen molar-refractivity contribution in [2.75, 3.05) is 12.8 Å². The van der Waals surface area contributed by atoms with Crippen LogP contribution in [-0.4, -0.2) is 22.1 Å². The van der Waals surface area contributed by atoms with Crippen LogP contribution in [0.5, 0.6) is 5.75 Å². The van der Waals surface area contributed by atoms with Gasteiger partial charge in [-0.1, -0.05) is 11.6 Å². The molecular formula is C14H14N4O. The van der Waals surface area contributed by atoms with Gasteiger partial charge in [0, 0.05) is 0 Å². The second-order valence-electron chi connectivity index (χ2n) is 4.40. The van der Waals surface area contributed by atoms with Crippen LogP contribution in [0, 0.1) is 6.92 Å². The van der Waals surface area contributed by atoms with Crippen molar-refractivity contribution >= 4 is 17.0 Å². The Morgan fingerprint density at radius 1 is 1.16 bits per heavy atom. The lowest BCUT2D eigenvalue weighted by atomic mass is 10.1. The quantitative estimate of drug-likeness (QED) is 0.736. The van der Waals surface area contributed by atoms with E-state index in [4.69, 9.17) is 10.5 Å². The van der Waals surface area contributed by atoms with E-state index in [-0.39, 0.29) is 0 Å². The van der Waals surface area contributed by atoms with Crippen molar-refractivity contribution in [3.63, 3.8) is 0 Å². The van der Waals surface area contributed by atoms with E-state index in [0.717, 1.165) is 28.2 Å². The number of nitrogen functional groups attached to an aromatic ring is 1. The summed E-state index contributed by atoms with van der Waals surface area (Å²) in [4.78, 5) is 11.9. The van der Waals surface area contributed by atoms with Gasteiger partial charge in [-0.05, 0) is 31.2 Å². The molecule has 0 aliphatic heterocycles. The molecule has 2 aromatic heterocycles. The van der Waals surface area contributed by atoms with Crippen LogP contribution < -0.4 is 10.5 Å². The number of hydrogen-bond donors (Lipinski definition) is 2. The third kappa shape index (κ3) is 1.99. The van der Waals surface area contributed by atoms with Gasteiger partial charge in [0.2, 0.25) is 0 Å². The SMILES string of the molecule is COc1ccc(C)cc1-c1nc2nc(N)ccc2[nH]1. The summed E-state index contributed by atoms with van der Waals surface area (Å²) in [5, 5.41) is 0. The first kappa shape index (κ1) is 11.5. The van der Waals surface area contributed by atoms with E-state index in [0.29, 0.717) is 11.5 Å². The van der Waals surface area contributed by atoms with Crippen LogP contribution in [0.25, 0.3) is 22.6 Å². The minimum atomic E-state index is 0.460. The molecule has 0 fully saturated rings. The fourth-order valence-electron chi connectivity index (χ4n) is 2.04. The Morgan fingerprint density at radius 3 is 2.79 bits per heavy atom. The first-order valence-corrected chi connectivity index (χ1v) is 5.94. The van der Waals surface area contributed by atoms with Gasteiger partial charge < -0.3 is 15.5 Å². The number of rotatable bonds is 2. The number of pyridine rings is 1. The van der Waals surface area contributed by atoms with Crippen molar-refractivity contribution in [1.29, 1.82) is 0 Å². The molecule has 2 heterocycles. The number of aromatic amines is 1. The van der Waals surface area contributed by atoms with Crippen molar-refractivity contribution in [1.82, 2.24) is 15.0 Å². The van der Waals surface area contributed by atoms with E-state index in [2.05, 4.69) is 15.0 Å². The summed E-state index contributed by atoms with van der Waals surface area (Å²) in [6.07, 6.45) is 0. The predicted octanol–water partition coefficient (Wildman–Crippen LogP) is 2.52. The maximum atomic E-state index is 5.66. The first-order valence-electron chi connectivity index (χ1n) is 5.94. The zero-order valence-electron chi connectivity index (χ0n) is 10.8. The molecule has 3 N–H and O–H groups in total. The second-order valence-corrected chi connectivity index (χ2v) is 4.40. The molecule has 0 radical (unpaired) electrons. The summed E-state index contributed by atoms with van der Waals surface area (Å²) in [6, 6.07) is 9.58. The minimum Gasteiger partial charge on any atom is -0.496 e. The number of ether oxygens (including phenoxy) is 1. The van der Waals surface area contributed by atoms with Crippen LogP contribution in [-0.2, 0) is 0 Å². The monoisotopic (exact) mass is 254 g/mol. The van der Waals surface area contributed by atoms with Crippen molar-refractivity contribution in [3.8, 4) is 17.1 Å². The molecule has 0 atom stereocenters. The second kappa shape index (κ2) is 4.28. The third-order valence-electron chi connectivity index (χ3n) is 2.98. The Morgan fingerprint density at radius 2 is 2.00 bits per heavy atom. The molecule has 5 nitrogen and oxygen atoms in total. The standard InChI is InChI=1S/C14H14N4O/c1-8-3-5-11(19-2)9(7-8)13-16-10-4-6-12(15)17-14(10)18-13/h3-7H,1-2H3,(H3,15,16,17,18). The number of anilines is 1. The maximum absolute atomic E-state index is 5.66. The topological polar surface area (TPSA) is 76.8 Å². The highest BCUT2D eigenvalue weighted by molar-refractivity contribution is 5.79. The average Bonchev–Trinajstić information content (AvgIpc) is 2.81. The van der Waals surface area contributed by atoms with Crippen LogP contribution in [0.1, 0.15) is 5.56 Å². The van der Waals surface area contributed by atoms with Crippen molar-refractivity contribution in [3.05, 3.63) is 35.9 Å². The fourth-order valence-corrected chi connectivity index (χ4v) is 2.04. The predicted molar refractivity (Wildman–Crippen MR) is 75.0 cm³/mol. The van der Waals surface area contributed by atoms with Gasteiger partial charge in [0.25, 0.3) is 0 Å². The Bertz CT molecular complexity index is 748. The van der Waals surface area contributed by atoms with Crippen molar-refractivity contribution in [2.45, 2.75) is 6.92 Å². The van der Waals surface area contributed by atoms with E-state index in [1.807, 2.05) is 31.2 Å². The number of methoxy groups -OCH3 is 1. The Balaban J connectivity index is 2.21.